The van der Waals surface area contributed by atoms with Crippen molar-refractivity contribution < 1.29 is 14.7 Å². The standard InChI is InChI=1S/C12H11BrO3/c1-8(14)12(13)10-5-3-2-4-9(10)6-7-11(15)16/h2-7,12H,1H3,(H,15,16). The summed E-state index contributed by atoms with van der Waals surface area (Å²) in [5.41, 5.74) is 1.49. The van der Waals surface area contributed by atoms with Crippen molar-refractivity contribution in [3.05, 3.63) is 41.5 Å². The Morgan fingerprint density at radius 3 is 2.56 bits per heavy atom. The van der Waals surface area contributed by atoms with Crippen molar-refractivity contribution in [1.82, 2.24) is 0 Å². The van der Waals surface area contributed by atoms with Gasteiger partial charge in [-0.15, -0.1) is 0 Å². The summed E-state index contributed by atoms with van der Waals surface area (Å²) in [4.78, 5) is 21.3. The molecular formula is C12H11BrO3. The van der Waals surface area contributed by atoms with Crippen LogP contribution < -0.4 is 0 Å². The predicted octanol–water partition coefficient (Wildman–Crippen LogP) is 2.81. The molecule has 0 saturated heterocycles. The molecule has 0 bridgehead atoms. The van der Waals surface area contributed by atoms with Crippen molar-refractivity contribution in [2.75, 3.05) is 0 Å². The van der Waals surface area contributed by atoms with Gasteiger partial charge < -0.3 is 5.11 Å². The Bertz CT molecular complexity index is 438. The molecule has 0 aromatic heterocycles. The molecule has 1 N–H and O–H groups in total. The summed E-state index contributed by atoms with van der Waals surface area (Å²) in [5.74, 6) is -1.03. The van der Waals surface area contributed by atoms with Crippen LogP contribution in [0.15, 0.2) is 30.3 Å². The molecule has 1 aromatic rings. The smallest absolute Gasteiger partial charge is 0.328 e. The first-order valence-electron chi connectivity index (χ1n) is 4.67. The average Bonchev–Trinajstić information content (AvgIpc) is 2.25. The van der Waals surface area contributed by atoms with Crippen LogP contribution in [0.5, 0.6) is 0 Å². The Hall–Kier alpha value is -1.42. The summed E-state index contributed by atoms with van der Waals surface area (Å²) in [6.07, 6.45) is 2.54. The number of hydrogen-bond donors (Lipinski definition) is 1. The maximum absolute atomic E-state index is 11.2. The highest BCUT2D eigenvalue weighted by Gasteiger charge is 2.14. The molecule has 0 saturated carbocycles. The number of Topliss-reactive ketones (excluding diaryl/α,β-unsaturated/α-hetero) is 1. The van der Waals surface area contributed by atoms with E-state index in [1.165, 1.54) is 13.0 Å². The van der Waals surface area contributed by atoms with Crippen LogP contribution in [-0.2, 0) is 9.59 Å². The summed E-state index contributed by atoms with van der Waals surface area (Å²) >= 11 is 3.28. The van der Waals surface area contributed by atoms with Gasteiger partial charge in [-0.1, -0.05) is 40.2 Å². The van der Waals surface area contributed by atoms with Gasteiger partial charge in [0.1, 0.15) is 5.78 Å². The fourth-order valence-corrected chi connectivity index (χ4v) is 1.69. The van der Waals surface area contributed by atoms with Crippen molar-refractivity contribution in [2.24, 2.45) is 0 Å². The molecule has 0 spiro atoms. The van der Waals surface area contributed by atoms with E-state index in [1.807, 2.05) is 6.07 Å². The lowest BCUT2D eigenvalue weighted by molar-refractivity contribution is -0.131. The number of aliphatic carboxylic acids is 1. The third-order valence-corrected chi connectivity index (χ3v) is 3.17. The predicted molar refractivity (Wildman–Crippen MR) is 65.5 cm³/mol. The molecule has 0 fully saturated rings. The van der Waals surface area contributed by atoms with Crippen LogP contribution in [0.4, 0.5) is 0 Å². The van der Waals surface area contributed by atoms with Gasteiger partial charge in [-0.05, 0) is 24.1 Å². The lowest BCUT2D eigenvalue weighted by Crippen LogP contribution is -2.02. The van der Waals surface area contributed by atoms with E-state index < -0.39 is 10.8 Å². The highest BCUT2D eigenvalue weighted by Crippen LogP contribution is 2.27. The zero-order valence-electron chi connectivity index (χ0n) is 8.68. The van der Waals surface area contributed by atoms with E-state index >= 15 is 0 Å². The third-order valence-electron chi connectivity index (χ3n) is 2.03. The molecule has 84 valence electrons. The molecule has 0 heterocycles. The van der Waals surface area contributed by atoms with Gasteiger partial charge in [0.15, 0.2) is 0 Å². The number of ketones is 1. The fourth-order valence-electron chi connectivity index (χ4n) is 1.27. The topological polar surface area (TPSA) is 54.4 Å². The molecule has 0 aliphatic heterocycles. The maximum atomic E-state index is 11.2. The molecule has 0 aliphatic carbocycles. The summed E-state index contributed by atoms with van der Waals surface area (Å²) in [6, 6.07) is 7.17. The molecule has 1 rings (SSSR count). The minimum absolute atomic E-state index is 0.0174. The number of hydrogen-bond acceptors (Lipinski definition) is 2. The van der Waals surface area contributed by atoms with Crippen molar-refractivity contribution in [3.8, 4) is 0 Å². The van der Waals surface area contributed by atoms with E-state index in [9.17, 15) is 9.59 Å². The van der Waals surface area contributed by atoms with Gasteiger partial charge in [0.05, 0.1) is 4.83 Å². The summed E-state index contributed by atoms with van der Waals surface area (Å²) < 4.78 is 0. The molecule has 1 atom stereocenters. The molecule has 16 heavy (non-hydrogen) atoms. The molecule has 0 amide bonds. The SMILES string of the molecule is CC(=O)C(Br)c1ccccc1C=CC(=O)O. The second-order valence-corrected chi connectivity index (χ2v) is 4.19. The summed E-state index contributed by atoms with van der Waals surface area (Å²) in [7, 11) is 0. The molecular weight excluding hydrogens is 272 g/mol. The van der Waals surface area contributed by atoms with E-state index in [4.69, 9.17) is 5.11 Å². The van der Waals surface area contributed by atoms with E-state index in [2.05, 4.69) is 15.9 Å². The van der Waals surface area contributed by atoms with Crippen molar-refractivity contribution in [1.29, 1.82) is 0 Å². The minimum atomic E-state index is -1.01. The second-order valence-electron chi connectivity index (χ2n) is 3.27. The van der Waals surface area contributed by atoms with Crippen LogP contribution in [0, 0.1) is 0 Å². The number of carboxylic acids is 1. The fraction of sp³-hybridized carbons (Fsp3) is 0.167. The Kier molecular flexibility index (Phi) is 4.43. The molecule has 0 aliphatic rings. The normalized spacial score (nSPS) is 12.6. The van der Waals surface area contributed by atoms with Crippen LogP contribution in [-0.4, -0.2) is 16.9 Å². The summed E-state index contributed by atoms with van der Waals surface area (Å²) in [5, 5.41) is 8.55. The number of rotatable bonds is 4. The number of benzene rings is 1. The highest BCUT2D eigenvalue weighted by atomic mass is 79.9. The Balaban J connectivity index is 3.10. The lowest BCUT2D eigenvalue weighted by Gasteiger charge is -2.09. The van der Waals surface area contributed by atoms with Gasteiger partial charge in [-0.3, -0.25) is 4.79 Å². The number of alkyl halides is 1. The first kappa shape index (κ1) is 12.6. The zero-order chi connectivity index (χ0) is 12.1. The Labute approximate surface area is 102 Å². The monoisotopic (exact) mass is 282 g/mol. The Morgan fingerprint density at radius 1 is 1.38 bits per heavy atom. The van der Waals surface area contributed by atoms with Gasteiger partial charge in [-0.2, -0.15) is 0 Å². The number of carbonyl (C=O) groups is 2. The van der Waals surface area contributed by atoms with Crippen LogP contribution in [0.3, 0.4) is 0 Å². The maximum Gasteiger partial charge on any atom is 0.328 e. The average molecular weight is 283 g/mol. The van der Waals surface area contributed by atoms with Gasteiger partial charge in [0.2, 0.25) is 0 Å². The number of carbonyl (C=O) groups excluding carboxylic acids is 1. The third kappa shape index (κ3) is 3.31. The van der Waals surface area contributed by atoms with Crippen LogP contribution in [0.1, 0.15) is 22.9 Å². The van der Waals surface area contributed by atoms with E-state index in [0.717, 1.165) is 17.2 Å². The second kappa shape index (κ2) is 5.61. The van der Waals surface area contributed by atoms with Crippen molar-refractivity contribution >= 4 is 33.8 Å². The first-order chi connectivity index (χ1) is 7.52. The van der Waals surface area contributed by atoms with Gasteiger partial charge in [0.25, 0.3) is 0 Å². The van der Waals surface area contributed by atoms with Crippen molar-refractivity contribution in [3.63, 3.8) is 0 Å². The molecule has 1 unspecified atom stereocenters. The van der Waals surface area contributed by atoms with Gasteiger partial charge in [0, 0.05) is 6.08 Å². The quantitative estimate of drug-likeness (QED) is 0.683. The zero-order valence-corrected chi connectivity index (χ0v) is 10.3. The largest absolute Gasteiger partial charge is 0.478 e. The molecule has 0 radical (unpaired) electrons. The van der Waals surface area contributed by atoms with E-state index in [1.54, 1.807) is 18.2 Å². The van der Waals surface area contributed by atoms with Gasteiger partial charge in [-0.25, -0.2) is 4.79 Å². The van der Waals surface area contributed by atoms with Gasteiger partial charge >= 0.3 is 5.97 Å². The van der Waals surface area contributed by atoms with Crippen LogP contribution in [0.25, 0.3) is 6.08 Å². The number of carboxylic acid groups (broad SMARTS) is 1. The van der Waals surface area contributed by atoms with Crippen LogP contribution in [0.2, 0.25) is 0 Å². The highest BCUT2D eigenvalue weighted by molar-refractivity contribution is 9.09. The molecule has 4 heteroatoms. The molecule has 1 aromatic carbocycles. The lowest BCUT2D eigenvalue weighted by atomic mass is 10.0. The number of halogens is 1. The van der Waals surface area contributed by atoms with Crippen molar-refractivity contribution in [2.45, 2.75) is 11.8 Å². The molecule has 3 nitrogen and oxygen atoms in total. The van der Waals surface area contributed by atoms with E-state index in [-0.39, 0.29) is 5.78 Å². The Morgan fingerprint density at radius 2 is 2.00 bits per heavy atom. The minimum Gasteiger partial charge on any atom is -0.478 e. The first-order valence-corrected chi connectivity index (χ1v) is 5.58. The summed E-state index contributed by atoms with van der Waals surface area (Å²) in [6.45, 7) is 1.48. The van der Waals surface area contributed by atoms with E-state index in [0.29, 0.717) is 0 Å². The van der Waals surface area contributed by atoms with Crippen LogP contribution >= 0.6 is 15.9 Å².